The van der Waals surface area contributed by atoms with E-state index < -0.39 is 0 Å². The smallest absolute Gasteiger partial charge is 0.254 e. The van der Waals surface area contributed by atoms with Crippen LogP contribution in [0.25, 0.3) is 0 Å². The van der Waals surface area contributed by atoms with Crippen molar-refractivity contribution in [1.29, 1.82) is 0 Å². The van der Waals surface area contributed by atoms with E-state index in [0.717, 1.165) is 24.5 Å². The fourth-order valence-corrected chi connectivity index (χ4v) is 4.98. The maximum absolute atomic E-state index is 13.2. The molecule has 0 radical (unpaired) electrons. The summed E-state index contributed by atoms with van der Waals surface area (Å²) in [6.45, 7) is 2.67. The maximum atomic E-state index is 13.2. The molecule has 1 aliphatic carbocycles. The molecule has 0 aromatic heterocycles. The van der Waals surface area contributed by atoms with Crippen molar-refractivity contribution in [3.05, 3.63) is 66.2 Å². The van der Waals surface area contributed by atoms with Crippen LogP contribution in [0.15, 0.2) is 60.7 Å². The van der Waals surface area contributed by atoms with Gasteiger partial charge in [0.1, 0.15) is 5.75 Å². The van der Waals surface area contributed by atoms with Gasteiger partial charge in [0, 0.05) is 37.4 Å². The lowest BCUT2D eigenvalue weighted by Gasteiger charge is -2.36. The summed E-state index contributed by atoms with van der Waals surface area (Å²) >= 11 is 0. The minimum absolute atomic E-state index is 0.0793. The molecule has 2 aromatic carbocycles. The number of anilines is 2. The van der Waals surface area contributed by atoms with Crippen molar-refractivity contribution in [2.75, 3.05) is 43.1 Å². The van der Waals surface area contributed by atoms with Crippen LogP contribution in [0, 0.1) is 11.8 Å². The molecule has 3 aliphatic rings. The van der Waals surface area contributed by atoms with E-state index in [-0.39, 0.29) is 29.6 Å². The molecule has 2 aromatic rings. The number of amides is 3. The van der Waals surface area contributed by atoms with Crippen molar-refractivity contribution < 1.29 is 19.1 Å². The van der Waals surface area contributed by atoms with Gasteiger partial charge in [0.05, 0.1) is 24.6 Å². The number of nitrogens with zero attached hydrogens (tertiary/aromatic N) is 3. The topological polar surface area (TPSA) is 70.2 Å². The summed E-state index contributed by atoms with van der Waals surface area (Å²) in [6.07, 6.45) is 5.15. The van der Waals surface area contributed by atoms with Gasteiger partial charge in [-0.05, 0) is 55.3 Å². The van der Waals surface area contributed by atoms with Gasteiger partial charge in [0.2, 0.25) is 11.8 Å². The third-order valence-electron chi connectivity index (χ3n) is 6.86. The number of rotatable bonds is 4. The fourth-order valence-electron chi connectivity index (χ4n) is 4.98. The molecule has 2 fully saturated rings. The lowest BCUT2D eigenvalue weighted by atomic mass is 9.85. The fraction of sp³-hybridized carbons (Fsp3) is 0.346. The number of carbonyl (C=O) groups excluding carboxylic acids is 3. The van der Waals surface area contributed by atoms with E-state index in [0.29, 0.717) is 37.2 Å². The van der Waals surface area contributed by atoms with Gasteiger partial charge >= 0.3 is 0 Å². The third-order valence-corrected chi connectivity index (χ3v) is 6.86. The highest BCUT2D eigenvalue weighted by atomic mass is 16.5. The van der Waals surface area contributed by atoms with Crippen LogP contribution in [0.1, 0.15) is 23.2 Å². The second-order valence-electron chi connectivity index (χ2n) is 8.70. The Labute approximate surface area is 193 Å². The first kappa shape index (κ1) is 21.2. The van der Waals surface area contributed by atoms with Crippen molar-refractivity contribution in [3.63, 3.8) is 0 Å². The summed E-state index contributed by atoms with van der Waals surface area (Å²) in [7, 11) is 1.65. The Bertz CT molecular complexity index is 1080. The predicted molar refractivity (Wildman–Crippen MR) is 125 cm³/mol. The first-order valence-electron chi connectivity index (χ1n) is 11.4. The molecule has 2 aliphatic heterocycles. The Morgan fingerprint density at radius 2 is 1.48 bits per heavy atom. The van der Waals surface area contributed by atoms with E-state index >= 15 is 0 Å². The van der Waals surface area contributed by atoms with E-state index in [1.165, 1.54) is 4.90 Å². The molecule has 33 heavy (non-hydrogen) atoms. The molecular formula is C26H27N3O4. The Morgan fingerprint density at radius 1 is 0.848 bits per heavy atom. The lowest BCUT2D eigenvalue weighted by Crippen LogP contribution is -2.48. The van der Waals surface area contributed by atoms with Crippen LogP contribution in [0.5, 0.6) is 5.75 Å². The van der Waals surface area contributed by atoms with Gasteiger partial charge < -0.3 is 14.5 Å². The van der Waals surface area contributed by atoms with Crippen LogP contribution in [-0.4, -0.2) is 55.9 Å². The van der Waals surface area contributed by atoms with Gasteiger partial charge in [-0.15, -0.1) is 0 Å². The second kappa shape index (κ2) is 8.73. The van der Waals surface area contributed by atoms with E-state index in [2.05, 4.69) is 4.90 Å². The minimum atomic E-state index is -0.284. The number of piperazine rings is 1. The van der Waals surface area contributed by atoms with Crippen molar-refractivity contribution >= 4 is 29.1 Å². The van der Waals surface area contributed by atoms with Crippen LogP contribution in [0.2, 0.25) is 0 Å². The molecule has 2 saturated heterocycles. The third kappa shape index (κ3) is 3.88. The van der Waals surface area contributed by atoms with E-state index in [1.807, 2.05) is 41.3 Å². The van der Waals surface area contributed by atoms with Crippen molar-refractivity contribution in [2.24, 2.45) is 11.8 Å². The number of allylic oxidation sites excluding steroid dienone is 2. The Balaban J connectivity index is 1.27. The summed E-state index contributed by atoms with van der Waals surface area (Å²) in [6, 6.07) is 14.8. The zero-order valence-electron chi connectivity index (χ0n) is 18.6. The van der Waals surface area contributed by atoms with E-state index in [1.54, 1.807) is 31.4 Å². The molecule has 5 rings (SSSR count). The monoisotopic (exact) mass is 445 g/mol. The van der Waals surface area contributed by atoms with Gasteiger partial charge in [-0.25, -0.2) is 0 Å². The first-order valence-corrected chi connectivity index (χ1v) is 11.4. The number of imide groups is 1. The number of methoxy groups -OCH3 is 1. The standard InChI is InChI=1S/C26H27N3O4/c1-33-21-11-9-19(10-12-21)27-13-15-28(16-14-27)24(30)18-5-4-6-20(17-18)29-25(31)22-7-2-3-8-23(22)26(29)32/h2-6,9-12,17,22-23H,7-8,13-16H2,1H3/t22-,23-/m0/s1. The summed E-state index contributed by atoms with van der Waals surface area (Å²) in [5, 5.41) is 0. The summed E-state index contributed by atoms with van der Waals surface area (Å²) in [5.41, 5.74) is 2.09. The molecule has 0 spiro atoms. The Kier molecular flexibility index (Phi) is 5.62. The number of ether oxygens (including phenoxy) is 1. The second-order valence-corrected chi connectivity index (χ2v) is 8.70. The molecule has 170 valence electrons. The maximum Gasteiger partial charge on any atom is 0.254 e. The summed E-state index contributed by atoms with van der Waals surface area (Å²) in [5.74, 6) is -0.151. The molecular weight excluding hydrogens is 418 g/mol. The highest BCUT2D eigenvalue weighted by molar-refractivity contribution is 6.22. The molecule has 2 heterocycles. The van der Waals surface area contributed by atoms with Gasteiger partial charge in [0.25, 0.3) is 5.91 Å². The molecule has 7 nitrogen and oxygen atoms in total. The van der Waals surface area contributed by atoms with Crippen molar-refractivity contribution in [1.82, 2.24) is 4.90 Å². The lowest BCUT2D eigenvalue weighted by molar-refractivity contribution is -0.122. The predicted octanol–water partition coefficient (Wildman–Crippen LogP) is 3.11. The number of benzene rings is 2. The number of carbonyl (C=O) groups is 3. The molecule has 0 unspecified atom stereocenters. The number of hydrogen-bond donors (Lipinski definition) is 0. The summed E-state index contributed by atoms with van der Waals surface area (Å²) in [4.78, 5) is 44.4. The average Bonchev–Trinajstić information content (AvgIpc) is 3.13. The highest BCUT2D eigenvalue weighted by Crippen LogP contribution is 2.37. The summed E-state index contributed by atoms with van der Waals surface area (Å²) < 4.78 is 5.22. The van der Waals surface area contributed by atoms with Gasteiger partial charge in [-0.2, -0.15) is 0 Å². The Morgan fingerprint density at radius 3 is 2.09 bits per heavy atom. The number of hydrogen-bond acceptors (Lipinski definition) is 5. The van der Waals surface area contributed by atoms with Crippen LogP contribution in [0.3, 0.4) is 0 Å². The molecule has 0 N–H and O–H groups in total. The molecule has 0 saturated carbocycles. The van der Waals surface area contributed by atoms with E-state index in [4.69, 9.17) is 4.74 Å². The molecule has 2 atom stereocenters. The van der Waals surface area contributed by atoms with Crippen LogP contribution >= 0.6 is 0 Å². The van der Waals surface area contributed by atoms with Crippen molar-refractivity contribution in [2.45, 2.75) is 12.8 Å². The average molecular weight is 446 g/mol. The van der Waals surface area contributed by atoms with E-state index in [9.17, 15) is 14.4 Å². The minimum Gasteiger partial charge on any atom is -0.497 e. The molecule has 3 amide bonds. The first-order chi connectivity index (χ1) is 16.1. The van der Waals surface area contributed by atoms with Gasteiger partial charge in [-0.3, -0.25) is 19.3 Å². The van der Waals surface area contributed by atoms with Crippen LogP contribution < -0.4 is 14.5 Å². The molecule has 0 bridgehead atoms. The van der Waals surface area contributed by atoms with Gasteiger partial charge in [-0.1, -0.05) is 18.2 Å². The zero-order chi connectivity index (χ0) is 22.9. The zero-order valence-corrected chi connectivity index (χ0v) is 18.6. The van der Waals surface area contributed by atoms with Gasteiger partial charge in [0.15, 0.2) is 0 Å². The van der Waals surface area contributed by atoms with Crippen LogP contribution in [-0.2, 0) is 9.59 Å². The SMILES string of the molecule is COc1ccc(N2CCN(C(=O)c3cccc(N4C(=O)[C@H]5CC=CC[C@@H]5C4=O)c3)CC2)cc1. The quantitative estimate of drug-likeness (QED) is 0.534. The highest BCUT2D eigenvalue weighted by Gasteiger charge is 2.47. The largest absolute Gasteiger partial charge is 0.497 e. The van der Waals surface area contributed by atoms with Crippen LogP contribution in [0.4, 0.5) is 11.4 Å². The van der Waals surface area contributed by atoms with Crippen molar-refractivity contribution in [3.8, 4) is 5.75 Å². The Hall–Kier alpha value is -3.61. The number of fused-ring (bicyclic) bond motifs is 1. The molecule has 7 heteroatoms. The normalized spacial score (nSPS) is 22.5.